The van der Waals surface area contributed by atoms with Gasteiger partial charge in [-0.2, -0.15) is 0 Å². The van der Waals surface area contributed by atoms with Crippen LogP contribution in [0.3, 0.4) is 0 Å². The fraction of sp³-hybridized carbons (Fsp3) is 0.510. The largest absolute Gasteiger partial charge is 0.460 e. The van der Waals surface area contributed by atoms with Gasteiger partial charge >= 0.3 is 11.9 Å². The van der Waals surface area contributed by atoms with Crippen LogP contribution < -0.4 is 5.32 Å². The van der Waals surface area contributed by atoms with Gasteiger partial charge < -0.3 is 35.2 Å². The Hall–Kier alpha value is -3.89. The Morgan fingerprint density at radius 3 is 1.21 bits per heavy atom. The second-order valence-corrected chi connectivity index (χ2v) is 15.9. The molecule has 13 nitrogen and oxygen atoms in total. The van der Waals surface area contributed by atoms with E-state index in [9.17, 15) is 14.4 Å². The number of nitrogens with zero attached hydrogens (tertiary/aromatic N) is 3. The second kappa shape index (κ2) is 47.6. The van der Waals surface area contributed by atoms with E-state index in [1.54, 1.807) is 99.4 Å². The quantitative estimate of drug-likeness (QED) is 0.0486. The molecule has 66 heavy (non-hydrogen) atoms. The van der Waals surface area contributed by atoms with E-state index in [2.05, 4.69) is 15.3 Å². The molecule has 0 fully saturated rings. The van der Waals surface area contributed by atoms with Crippen LogP contribution >= 0.6 is 12.4 Å². The maximum Gasteiger partial charge on any atom is 0.323 e. The minimum atomic E-state index is -0.271. The number of esters is 2. The molecule has 4 aromatic rings. The van der Waals surface area contributed by atoms with Crippen molar-refractivity contribution < 1.29 is 66.0 Å². The third-order valence-electron chi connectivity index (χ3n) is 7.05. The van der Waals surface area contributed by atoms with Gasteiger partial charge in [0, 0.05) is 83.0 Å². The Morgan fingerprint density at radius 2 is 0.924 bits per heavy atom. The van der Waals surface area contributed by atoms with Crippen LogP contribution in [0.25, 0.3) is 0 Å². The number of carbonyl (C=O) groups is 3. The Bertz CT molecular complexity index is 1610. The number of aliphatic hydroxyl groups excluding tert-OH is 4. The molecule has 0 amide bonds. The summed E-state index contributed by atoms with van der Waals surface area (Å²) < 4.78 is 10.8. The van der Waals surface area contributed by atoms with E-state index < -0.39 is 0 Å². The van der Waals surface area contributed by atoms with E-state index >= 15 is 0 Å². The van der Waals surface area contributed by atoms with Crippen LogP contribution in [0, 0.1) is 11.8 Å². The summed E-state index contributed by atoms with van der Waals surface area (Å²) in [5.41, 5.74) is 3.80. The van der Waals surface area contributed by atoms with Crippen molar-refractivity contribution in [2.75, 3.05) is 14.1 Å². The van der Waals surface area contributed by atoms with Gasteiger partial charge in [-0.25, -0.2) is 0 Å². The summed E-state index contributed by atoms with van der Waals surface area (Å²) in [5, 5.41) is 35.2. The molecule has 2 aromatic carbocycles. The standard InChI is InChI=1S/C19H24N2O2.C13H19NO2.C6H5NO.4C3H8O.CH4.ClH.Ti/c1-15(2)18(21(3)13-16-9-11-20-12-10-16)19(22)23-14-17-7-5-4-6-8-17;1-10(2)12(14-3)13(15)16-9-11-7-5-4-6-8-11;8-5-6-1-3-7-4-2-6;4*1-3(2)4;;;/h4-12,15,18H,13-14H2,1-3H3;4-8,10,12,14H,9H2,1-3H3;1-5H;4*3-4H,1-2H3;1H4;1H;/t18-;12-;;;;;;;;/m00......../s1. The minimum Gasteiger partial charge on any atom is -0.460 e. The number of pyridine rings is 2. The molecule has 2 aromatic heterocycles. The zero-order valence-electron chi connectivity index (χ0n) is 41.3. The first kappa shape index (κ1) is 73.7. The molecule has 0 aliphatic carbocycles. The normalized spacial score (nSPS) is 10.6. The van der Waals surface area contributed by atoms with Gasteiger partial charge in [-0.15, -0.1) is 12.4 Å². The summed E-state index contributed by atoms with van der Waals surface area (Å²) in [7, 11) is 3.73. The topological polar surface area (TPSA) is 192 Å². The Balaban J connectivity index is -0.000000181. The smallest absolute Gasteiger partial charge is 0.323 e. The van der Waals surface area contributed by atoms with Gasteiger partial charge in [-0.3, -0.25) is 29.3 Å². The van der Waals surface area contributed by atoms with Gasteiger partial charge in [0.2, 0.25) is 0 Å². The maximum atomic E-state index is 12.5. The van der Waals surface area contributed by atoms with Gasteiger partial charge in [0.05, 0.1) is 0 Å². The van der Waals surface area contributed by atoms with E-state index in [0.29, 0.717) is 25.3 Å². The molecular formula is C51H85ClN4O9Ti. The number of aldehydes is 1. The number of aliphatic hydroxyl groups is 4. The monoisotopic (exact) mass is 981 g/mol. The number of benzene rings is 2. The predicted octanol–water partition coefficient (Wildman–Crippen LogP) is 8.75. The summed E-state index contributed by atoms with van der Waals surface area (Å²) in [6, 6.07) is 26.2. The van der Waals surface area contributed by atoms with E-state index in [0.717, 1.165) is 23.0 Å². The number of aromatic nitrogens is 2. The summed E-state index contributed by atoms with van der Waals surface area (Å²) in [4.78, 5) is 44.0. The van der Waals surface area contributed by atoms with Crippen molar-refractivity contribution in [3.05, 3.63) is 132 Å². The Labute approximate surface area is 419 Å². The fourth-order valence-corrected chi connectivity index (χ4v) is 4.63. The number of hydrogen-bond acceptors (Lipinski definition) is 13. The zero-order valence-corrected chi connectivity index (χ0v) is 43.7. The van der Waals surface area contributed by atoms with E-state index in [-0.39, 0.29) is 102 Å². The number of nitrogens with one attached hydrogen (secondary N) is 1. The number of carbonyl (C=O) groups excluding carboxylic acids is 3. The number of rotatable bonds is 13. The average Bonchev–Trinajstić information content (AvgIpc) is 3.20. The number of likely N-dealkylation sites (N-methyl/N-ethyl adjacent to an activating group) is 2. The Morgan fingerprint density at radius 1 is 0.591 bits per heavy atom. The van der Waals surface area contributed by atoms with Crippen LogP contribution in [-0.2, 0) is 60.5 Å². The predicted molar refractivity (Wildman–Crippen MR) is 268 cm³/mol. The summed E-state index contributed by atoms with van der Waals surface area (Å²) >= 11 is 0. The molecule has 4 rings (SSSR count). The zero-order chi connectivity index (χ0) is 48.8. The van der Waals surface area contributed by atoms with E-state index in [1.807, 2.05) is 112 Å². The average molecular weight is 982 g/mol. The molecule has 0 aliphatic rings. The molecule has 0 aliphatic heterocycles. The third kappa shape index (κ3) is 48.1. The molecule has 15 heteroatoms. The number of hydrogen-bond donors (Lipinski definition) is 5. The molecule has 0 spiro atoms. The van der Waals surface area contributed by atoms with Gasteiger partial charge in [-0.1, -0.05) is 95.8 Å². The van der Waals surface area contributed by atoms with Crippen LogP contribution in [-0.4, -0.2) is 104 Å². The van der Waals surface area contributed by atoms with Crippen molar-refractivity contribution in [3.8, 4) is 0 Å². The molecule has 0 bridgehead atoms. The molecule has 2 atom stereocenters. The summed E-state index contributed by atoms with van der Waals surface area (Å²) in [6.07, 6.45) is 6.83. The summed E-state index contributed by atoms with van der Waals surface area (Å²) in [5.74, 6) is 0.0279. The van der Waals surface area contributed by atoms with Gasteiger partial charge in [0.1, 0.15) is 31.6 Å². The molecule has 0 saturated heterocycles. The van der Waals surface area contributed by atoms with Crippen molar-refractivity contribution >= 4 is 30.6 Å². The Kier molecular flexibility index (Phi) is 53.1. The van der Waals surface area contributed by atoms with Crippen LogP contribution in [0.2, 0.25) is 0 Å². The van der Waals surface area contributed by atoms with Crippen LogP contribution in [0.1, 0.15) is 118 Å². The molecule has 0 unspecified atom stereocenters. The van der Waals surface area contributed by atoms with Gasteiger partial charge in [-0.05, 0) is 122 Å². The van der Waals surface area contributed by atoms with E-state index in [4.69, 9.17) is 29.9 Å². The first-order valence-electron chi connectivity index (χ1n) is 21.3. The number of ether oxygens (including phenoxy) is 2. The van der Waals surface area contributed by atoms with Crippen molar-refractivity contribution in [2.45, 2.75) is 147 Å². The molecule has 374 valence electrons. The van der Waals surface area contributed by atoms with Crippen molar-refractivity contribution in [1.82, 2.24) is 20.2 Å². The van der Waals surface area contributed by atoms with Crippen LogP contribution in [0.4, 0.5) is 0 Å². The minimum absolute atomic E-state index is 0. The molecule has 2 heterocycles. The first-order valence-corrected chi connectivity index (χ1v) is 21.3. The van der Waals surface area contributed by atoms with Crippen molar-refractivity contribution in [2.24, 2.45) is 11.8 Å². The van der Waals surface area contributed by atoms with Crippen molar-refractivity contribution in [1.29, 1.82) is 0 Å². The second-order valence-electron chi connectivity index (χ2n) is 15.9. The van der Waals surface area contributed by atoms with Crippen molar-refractivity contribution in [3.63, 3.8) is 0 Å². The fourth-order valence-electron chi connectivity index (χ4n) is 4.63. The number of halogens is 1. The molecule has 5 N–H and O–H groups in total. The first-order chi connectivity index (χ1) is 29.6. The molecule has 0 radical (unpaired) electrons. The van der Waals surface area contributed by atoms with Crippen LogP contribution in [0.5, 0.6) is 0 Å². The van der Waals surface area contributed by atoms with Gasteiger partial charge in [0.25, 0.3) is 0 Å². The SMILES string of the molecule is C.CC(C)O.CC(C)O.CC(C)O.CC(C)O.CC(C)[C@@H](C(=O)OCc1ccccc1)N(C)Cc1ccncc1.CN[C@H](C(=O)OCc1ccccc1)C(C)C.Cl.O=Cc1ccncc1.[Ti]. The maximum absolute atomic E-state index is 12.5. The van der Waals surface area contributed by atoms with Gasteiger partial charge in [0.15, 0.2) is 0 Å². The molecular weight excluding hydrogens is 896 g/mol. The third-order valence-corrected chi connectivity index (χ3v) is 7.05. The summed E-state index contributed by atoms with van der Waals surface area (Å²) in [6.45, 7) is 23.2. The van der Waals surface area contributed by atoms with E-state index in [1.165, 1.54) is 0 Å². The van der Waals surface area contributed by atoms with Crippen LogP contribution in [0.15, 0.2) is 110 Å². The molecule has 0 saturated carbocycles.